The summed E-state index contributed by atoms with van der Waals surface area (Å²) in [7, 11) is 4.03. The van der Waals surface area contributed by atoms with E-state index in [2.05, 4.69) is 37.9 Å². The van der Waals surface area contributed by atoms with Crippen LogP contribution >= 0.6 is 0 Å². The van der Waals surface area contributed by atoms with Gasteiger partial charge in [-0.1, -0.05) is 0 Å². The van der Waals surface area contributed by atoms with Gasteiger partial charge in [-0.2, -0.15) is 5.10 Å². The fourth-order valence-electron chi connectivity index (χ4n) is 3.27. The zero-order valence-corrected chi connectivity index (χ0v) is 14.7. The van der Waals surface area contributed by atoms with Crippen LogP contribution in [0.25, 0.3) is 0 Å². The smallest absolute Gasteiger partial charge is 0.319 e. The fraction of sp³-hybridized carbons (Fsp3) is 0.444. The number of carbonyl (C=O) groups is 1. The molecule has 0 fully saturated rings. The predicted molar refractivity (Wildman–Crippen MR) is 96.8 cm³/mol. The number of fused-ring (bicyclic) bond motifs is 1. The van der Waals surface area contributed by atoms with Crippen molar-refractivity contribution in [1.82, 2.24) is 15.5 Å². The first-order chi connectivity index (χ1) is 11.4. The molecule has 0 radical (unpaired) electrons. The van der Waals surface area contributed by atoms with Crippen LogP contribution in [0.2, 0.25) is 0 Å². The molecule has 3 N–H and O–H groups in total. The van der Waals surface area contributed by atoms with Crippen molar-refractivity contribution in [2.24, 2.45) is 0 Å². The van der Waals surface area contributed by atoms with E-state index < -0.39 is 0 Å². The molecular formula is C18H25N5O. The van der Waals surface area contributed by atoms with E-state index in [1.807, 2.05) is 34.1 Å². The van der Waals surface area contributed by atoms with Gasteiger partial charge in [-0.3, -0.25) is 5.10 Å². The highest BCUT2D eigenvalue weighted by atomic mass is 16.2. The Hall–Kier alpha value is -2.50. The van der Waals surface area contributed by atoms with Gasteiger partial charge in [-0.15, -0.1) is 0 Å². The summed E-state index contributed by atoms with van der Waals surface area (Å²) in [5, 5.41) is 13.2. The van der Waals surface area contributed by atoms with E-state index in [9.17, 15) is 4.79 Å². The Morgan fingerprint density at radius 1 is 1.29 bits per heavy atom. The highest BCUT2D eigenvalue weighted by Gasteiger charge is 2.22. The number of hydrogen-bond acceptors (Lipinski definition) is 3. The molecule has 24 heavy (non-hydrogen) atoms. The summed E-state index contributed by atoms with van der Waals surface area (Å²) < 4.78 is 0. The van der Waals surface area contributed by atoms with Crippen molar-refractivity contribution >= 4 is 17.4 Å². The summed E-state index contributed by atoms with van der Waals surface area (Å²) in [6.07, 6.45) is 4.54. The van der Waals surface area contributed by atoms with E-state index in [1.54, 1.807) is 0 Å². The summed E-state index contributed by atoms with van der Waals surface area (Å²) in [4.78, 5) is 14.5. The Morgan fingerprint density at radius 2 is 2.00 bits per heavy atom. The van der Waals surface area contributed by atoms with Gasteiger partial charge in [0.2, 0.25) is 0 Å². The Balaban J connectivity index is 1.65. The molecular weight excluding hydrogens is 302 g/mol. The van der Waals surface area contributed by atoms with Crippen LogP contribution in [0.3, 0.4) is 0 Å². The number of anilines is 2. The third-order valence-electron chi connectivity index (χ3n) is 4.62. The molecule has 1 heterocycles. The van der Waals surface area contributed by atoms with Crippen LogP contribution in [0.5, 0.6) is 0 Å². The van der Waals surface area contributed by atoms with Crippen molar-refractivity contribution in [1.29, 1.82) is 0 Å². The molecule has 3 rings (SSSR count). The van der Waals surface area contributed by atoms with Gasteiger partial charge in [-0.05, 0) is 61.9 Å². The summed E-state index contributed by atoms with van der Waals surface area (Å²) >= 11 is 0. The van der Waals surface area contributed by atoms with Crippen LogP contribution in [-0.4, -0.2) is 36.4 Å². The normalized spacial score (nSPS) is 16.4. The maximum Gasteiger partial charge on any atom is 0.319 e. The van der Waals surface area contributed by atoms with Crippen LogP contribution in [0.1, 0.15) is 28.8 Å². The molecule has 1 aliphatic carbocycles. The van der Waals surface area contributed by atoms with Crippen LogP contribution in [0.4, 0.5) is 16.2 Å². The van der Waals surface area contributed by atoms with Crippen LogP contribution < -0.4 is 15.5 Å². The van der Waals surface area contributed by atoms with Gasteiger partial charge >= 0.3 is 6.03 Å². The highest BCUT2D eigenvalue weighted by Crippen LogP contribution is 2.26. The van der Waals surface area contributed by atoms with Crippen molar-refractivity contribution in [2.75, 3.05) is 24.3 Å². The first kappa shape index (κ1) is 16.4. The number of urea groups is 1. The lowest BCUT2D eigenvalue weighted by atomic mass is 9.94. The summed E-state index contributed by atoms with van der Waals surface area (Å²) in [6.45, 7) is 4.04. The minimum absolute atomic E-state index is 0.143. The second kappa shape index (κ2) is 6.55. The summed E-state index contributed by atoms with van der Waals surface area (Å²) in [5.74, 6) is 0. The molecule has 6 nitrogen and oxygen atoms in total. The highest BCUT2D eigenvalue weighted by molar-refractivity contribution is 5.91. The third-order valence-corrected chi connectivity index (χ3v) is 4.62. The van der Waals surface area contributed by atoms with Crippen molar-refractivity contribution in [3.8, 4) is 0 Å². The van der Waals surface area contributed by atoms with E-state index in [0.29, 0.717) is 0 Å². The fourth-order valence-corrected chi connectivity index (χ4v) is 3.27. The minimum atomic E-state index is -0.143. The van der Waals surface area contributed by atoms with Gasteiger partial charge in [0.05, 0.1) is 6.20 Å². The van der Waals surface area contributed by atoms with Crippen molar-refractivity contribution < 1.29 is 4.79 Å². The number of benzene rings is 1. The predicted octanol–water partition coefficient (Wildman–Crippen LogP) is 2.77. The molecule has 1 aliphatic rings. The van der Waals surface area contributed by atoms with E-state index in [-0.39, 0.29) is 12.1 Å². The monoisotopic (exact) mass is 327 g/mol. The van der Waals surface area contributed by atoms with E-state index >= 15 is 0 Å². The molecule has 1 aromatic heterocycles. The zero-order valence-electron chi connectivity index (χ0n) is 14.7. The molecule has 2 aromatic rings. The number of hydrogen-bond donors (Lipinski definition) is 3. The molecule has 1 aromatic carbocycles. The Labute approximate surface area is 142 Å². The quantitative estimate of drug-likeness (QED) is 0.811. The van der Waals surface area contributed by atoms with Crippen LogP contribution in [0.15, 0.2) is 18.3 Å². The average molecular weight is 327 g/mol. The number of aromatic nitrogens is 2. The number of rotatable bonds is 3. The molecule has 128 valence electrons. The number of H-pyrrole nitrogens is 1. The largest absolute Gasteiger partial charge is 0.378 e. The number of amides is 2. The molecule has 0 spiro atoms. The van der Waals surface area contributed by atoms with E-state index in [4.69, 9.17) is 0 Å². The molecule has 0 aliphatic heterocycles. The Morgan fingerprint density at radius 3 is 2.67 bits per heavy atom. The lowest BCUT2D eigenvalue weighted by Gasteiger charge is -2.24. The number of aromatic amines is 1. The lowest BCUT2D eigenvalue weighted by molar-refractivity contribution is 0.247. The molecule has 2 amide bonds. The zero-order chi connectivity index (χ0) is 17.3. The minimum Gasteiger partial charge on any atom is -0.378 e. The van der Waals surface area contributed by atoms with Crippen molar-refractivity contribution in [3.63, 3.8) is 0 Å². The van der Waals surface area contributed by atoms with Crippen molar-refractivity contribution in [3.05, 3.63) is 40.7 Å². The standard InChI is InChI=1S/C18H25N5O/c1-11-7-15(23(3)4)8-12(2)17(11)21-18(24)20-14-5-6-16-13(9-14)10-19-22-16/h7-8,10,14H,5-6,9H2,1-4H3,(H,19,22)(H2,20,21,24). The number of nitrogens with one attached hydrogen (secondary N) is 3. The molecule has 1 unspecified atom stereocenters. The molecule has 1 atom stereocenters. The molecule has 6 heteroatoms. The second-order valence-corrected chi connectivity index (χ2v) is 6.76. The van der Waals surface area contributed by atoms with Gasteiger partial charge < -0.3 is 15.5 Å². The first-order valence-corrected chi connectivity index (χ1v) is 8.31. The van der Waals surface area contributed by atoms with Gasteiger partial charge in [0.15, 0.2) is 0 Å². The van der Waals surface area contributed by atoms with Gasteiger partial charge in [0, 0.05) is 37.2 Å². The summed E-state index contributed by atoms with van der Waals surface area (Å²) in [5.41, 5.74) is 6.55. The topological polar surface area (TPSA) is 73.1 Å². The lowest BCUT2D eigenvalue weighted by Crippen LogP contribution is -2.41. The maximum absolute atomic E-state index is 12.4. The van der Waals surface area contributed by atoms with E-state index in [0.717, 1.165) is 41.8 Å². The average Bonchev–Trinajstić information content (AvgIpc) is 2.98. The first-order valence-electron chi connectivity index (χ1n) is 8.31. The Bertz CT molecular complexity index is 727. The van der Waals surface area contributed by atoms with Crippen LogP contribution in [-0.2, 0) is 12.8 Å². The third kappa shape index (κ3) is 3.37. The second-order valence-electron chi connectivity index (χ2n) is 6.76. The number of carbonyl (C=O) groups excluding carboxylic acids is 1. The molecule has 0 bridgehead atoms. The number of aryl methyl sites for hydroxylation is 3. The van der Waals surface area contributed by atoms with Crippen LogP contribution in [0, 0.1) is 13.8 Å². The van der Waals surface area contributed by atoms with Gasteiger partial charge in [0.1, 0.15) is 0 Å². The molecule has 0 saturated heterocycles. The Kier molecular flexibility index (Phi) is 4.46. The van der Waals surface area contributed by atoms with Crippen molar-refractivity contribution in [2.45, 2.75) is 39.2 Å². The molecule has 0 saturated carbocycles. The maximum atomic E-state index is 12.4. The van der Waals surface area contributed by atoms with E-state index in [1.165, 1.54) is 11.3 Å². The van der Waals surface area contributed by atoms with Gasteiger partial charge in [-0.25, -0.2) is 4.79 Å². The summed E-state index contributed by atoms with van der Waals surface area (Å²) in [6, 6.07) is 4.18. The van der Waals surface area contributed by atoms with Gasteiger partial charge in [0.25, 0.3) is 0 Å². The SMILES string of the molecule is Cc1cc(N(C)C)cc(C)c1NC(=O)NC1CCc2[nH]ncc2C1. The number of nitrogens with zero attached hydrogens (tertiary/aromatic N) is 2.